The summed E-state index contributed by atoms with van der Waals surface area (Å²) in [5.74, 6) is 1.63. The predicted octanol–water partition coefficient (Wildman–Crippen LogP) is 7.16. The minimum atomic E-state index is -1.42. The summed E-state index contributed by atoms with van der Waals surface area (Å²) >= 11 is 0. The van der Waals surface area contributed by atoms with Gasteiger partial charge in [0, 0.05) is 37.1 Å². The Kier molecular flexibility index (Phi) is 16.3. The minimum absolute atomic E-state index is 0.0530. The number of nitrogens with two attached hydrogens (primary N) is 1. The first-order valence-corrected chi connectivity index (χ1v) is 26.2. The van der Waals surface area contributed by atoms with Gasteiger partial charge in [0.25, 0.3) is 11.8 Å². The summed E-state index contributed by atoms with van der Waals surface area (Å²) in [7, 11) is 4.67. The van der Waals surface area contributed by atoms with E-state index < -0.39 is 42.3 Å². The molecular weight excluding hydrogens is 975 g/mol. The molecule has 9 rings (SSSR count). The van der Waals surface area contributed by atoms with Gasteiger partial charge in [-0.15, -0.1) is 0 Å². The molecule has 0 radical (unpaired) electrons. The standard InChI is InChI=1S/C57H69N7O12/c1-32(2)51(58)53(66)60-33(3)52(65)61-39-16-10-34(11-17-39)31-76-57(70)64-45-27-50(48(73-6)25-43(45)55(68)63-30-38(35-12-13-35)23-46(63)56(64)69)75-21-9-7-8-20-74-49-26-44-42(24-47(49)72-5)54(67)62-29-37(22-40(62)28-59-44)36-14-18-41(71-4)19-15-36/h10-11,14-19,24-27,29,32-33,35,38,40,46,51,56,59,69H,7-9,12-13,20-23,28,30-31,58H2,1-6H3,(H,60,66)(H,61,65)/t33?,38?,40-,46-,51+,56?/m0/s1. The molecule has 4 heterocycles. The number of nitrogens with zero attached hydrogens (tertiary/aromatic N) is 3. The zero-order valence-electron chi connectivity index (χ0n) is 44.0. The lowest BCUT2D eigenvalue weighted by atomic mass is 9.99. The van der Waals surface area contributed by atoms with Crippen LogP contribution in [0.5, 0.6) is 28.7 Å². The second-order valence-corrected chi connectivity index (χ2v) is 20.5. The van der Waals surface area contributed by atoms with E-state index in [9.17, 15) is 29.1 Å². The van der Waals surface area contributed by atoms with Gasteiger partial charge in [-0.3, -0.25) is 19.2 Å². The molecule has 4 aromatic rings. The number of aliphatic hydroxyl groups excluding tert-OH is 1. The zero-order valence-corrected chi connectivity index (χ0v) is 44.0. The Morgan fingerprint density at radius 1 is 0.789 bits per heavy atom. The number of rotatable bonds is 20. The van der Waals surface area contributed by atoms with Crippen molar-refractivity contribution >= 4 is 52.4 Å². The highest BCUT2D eigenvalue weighted by Crippen LogP contribution is 2.48. The molecule has 0 aromatic heterocycles. The maximum absolute atomic E-state index is 14.4. The first-order valence-electron chi connectivity index (χ1n) is 26.2. The molecule has 5 amide bonds. The molecule has 1 saturated carbocycles. The van der Waals surface area contributed by atoms with Crippen LogP contribution in [0.15, 0.2) is 79.0 Å². The van der Waals surface area contributed by atoms with Crippen LogP contribution in [-0.4, -0.2) is 123 Å². The minimum Gasteiger partial charge on any atom is -0.497 e. The number of aliphatic hydroxyl groups is 1. The van der Waals surface area contributed by atoms with E-state index in [1.807, 2.05) is 50.4 Å². The topological polar surface area (TPSA) is 233 Å². The van der Waals surface area contributed by atoms with Crippen LogP contribution in [0.2, 0.25) is 0 Å². The molecular formula is C57H69N7O12. The fourth-order valence-electron chi connectivity index (χ4n) is 10.4. The highest BCUT2D eigenvalue weighted by atomic mass is 16.6. The Morgan fingerprint density at radius 3 is 2.11 bits per heavy atom. The van der Waals surface area contributed by atoms with Crippen molar-refractivity contribution < 1.29 is 57.5 Å². The van der Waals surface area contributed by atoms with Gasteiger partial charge in [-0.25, -0.2) is 9.69 Å². The normalized spacial score (nSPS) is 20.4. The van der Waals surface area contributed by atoms with Gasteiger partial charge < -0.3 is 65.0 Å². The summed E-state index contributed by atoms with van der Waals surface area (Å²) in [5.41, 5.74) is 10.6. The van der Waals surface area contributed by atoms with Crippen molar-refractivity contribution in [2.45, 2.75) is 103 Å². The van der Waals surface area contributed by atoms with Gasteiger partial charge in [-0.2, -0.15) is 0 Å². The number of hydrogen-bond acceptors (Lipinski definition) is 14. The monoisotopic (exact) mass is 1040 g/mol. The van der Waals surface area contributed by atoms with Crippen molar-refractivity contribution in [1.29, 1.82) is 0 Å². The highest BCUT2D eigenvalue weighted by Gasteiger charge is 2.51. The molecule has 4 aromatic carbocycles. The van der Waals surface area contributed by atoms with Crippen LogP contribution in [0.25, 0.3) is 5.57 Å². The van der Waals surface area contributed by atoms with Crippen molar-refractivity contribution in [3.63, 3.8) is 0 Å². The first kappa shape index (κ1) is 53.3. The van der Waals surface area contributed by atoms with Gasteiger partial charge >= 0.3 is 6.09 Å². The summed E-state index contributed by atoms with van der Waals surface area (Å²) in [5, 5.41) is 21.0. The average Bonchev–Trinajstić information content (AvgIpc) is 4.18. The van der Waals surface area contributed by atoms with Gasteiger partial charge in [-0.1, -0.05) is 38.1 Å². The van der Waals surface area contributed by atoms with Gasteiger partial charge in [0.1, 0.15) is 18.4 Å². The van der Waals surface area contributed by atoms with Crippen molar-refractivity contribution in [3.05, 3.63) is 101 Å². The van der Waals surface area contributed by atoms with E-state index in [2.05, 4.69) is 16.0 Å². The molecule has 1 saturated heterocycles. The number of nitrogens with one attached hydrogen (secondary N) is 3. The number of fused-ring (bicyclic) bond motifs is 4. The van der Waals surface area contributed by atoms with Crippen LogP contribution in [-0.2, 0) is 20.9 Å². The SMILES string of the molecule is COc1ccc(C2=CN3C(=O)c4cc(OC)c(OCCCCCOc5cc6c(cc5OC)C(=O)N5CC(C7CC7)C[C@H]5C(O)N6C(=O)OCc5ccc(NC(=O)C(C)NC(=O)[C@H](N)C(C)C)cc5)cc4NC[C@@H]3C2)cc1. The third kappa shape index (κ3) is 11.5. The van der Waals surface area contributed by atoms with E-state index in [1.165, 1.54) is 7.11 Å². The summed E-state index contributed by atoms with van der Waals surface area (Å²) in [4.78, 5) is 72.5. The number of ether oxygens (including phenoxy) is 6. The van der Waals surface area contributed by atoms with Crippen LogP contribution in [0.4, 0.5) is 21.9 Å². The predicted molar refractivity (Wildman–Crippen MR) is 285 cm³/mol. The second-order valence-electron chi connectivity index (χ2n) is 20.5. The lowest BCUT2D eigenvalue weighted by molar-refractivity contribution is -0.127. The van der Waals surface area contributed by atoms with E-state index >= 15 is 0 Å². The lowest BCUT2D eigenvalue weighted by Crippen LogP contribution is -2.50. The van der Waals surface area contributed by atoms with E-state index in [1.54, 1.807) is 73.4 Å². The molecule has 1 aliphatic carbocycles. The van der Waals surface area contributed by atoms with E-state index in [0.717, 1.165) is 41.0 Å². The largest absolute Gasteiger partial charge is 0.497 e. The zero-order chi connectivity index (χ0) is 53.8. The Balaban J connectivity index is 0.818. The summed E-state index contributed by atoms with van der Waals surface area (Å²) in [6, 6.07) is 18.9. The molecule has 404 valence electrons. The van der Waals surface area contributed by atoms with Crippen molar-refractivity contribution in [1.82, 2.24) is 15.1 Å². The van der Waals surface area contributed by atoms with Crippen LogP contribution in [0.3, 0.4) is 0 Å². The number of hydrogen-bond donors (Lipinski definition) is 5. The maximum atomic E-state index is 14.4. The van der Waals surface area contributed by atoms with Crippen molar-refractivity contribution in [2.24, 2.45) is 23.5 Å². The quantitative estimate of drug-likeness (QED) is 0.0553. The van der Waals surface area contributed by atoms with Crippen LogP contribution >= 0.6 is 0 Å². The molecule has 3 unspecified atom stereocenters. The Morgan fingerprint density at radius 2 is 1.46 bits per heavy atom. The van der Waals surface area contributed by atoms with Crippen LogP contribution in [0, 0.1) is 17.8 Å². The summed E-state index contributed by atoms with van der Waals surface area (Å²) in [6.07, 6.45) is 5.08. The van der Waals surface area contributed by atoms with Gasteiger partial charge in [-0.05, 0) is 123 Å². The molecule has 4 aliphatic heterocycles. The van der Waals surface area contributed by atoms with E-state index in [-0.39, 0.29) is 59.9 Å². The molecule has 2 fully saturated rings. The fraction of sp³-hybridized carbons (Fsp3) is 0.456. The summed E-state index contributed by atoms with van der Waals surface area (Å²) < 4.78 is 35.1. The van der Waals surface area contributed by atoms with E-state index in [0.29, 0.717) is 91.0 Å². The number of amides is 5. The number of anilines is 3. The molecule has 19 nitrogen and oxygen atoms in total. The molecule has 6 N–H and O–H groups in total. The Bertz CT molecular complexity index is 2840. The third-order valence-electron chi connectivity index (χ3n) is 15.1. The average molecular weight is 1040 g/mol. The fourth-order valence-corrected chi connectivity index (χ4v) is 10.4. The van der Waals surface area contributed by atoms with Crippen LogP contribution < -0.4 is 50.3 Å². The molecule has 5 aliphatic rings. The van der Waals surface area contributed by atoms with Crippen LogP contribution in [0.1, 0.15) is 97.6 Å². The van der Waals surface area contributed by atoms with Gasteiger partial charge in [0.15, 0.2) is 29.2 Å². The summed E-state index contributed by atoms with van der Waals surface area (Å²) in [6.45, 7) is 6.71. The van der Waals surface area contributed by atoms with Crippen molar-refractivity contribution in [2.75, 3.05) is 63.2 Å². The number of methoxy groups -OCH3 is 3. The molecule has 6 atom stereocenters. The third-order valence-corrected chi connectivity index (χ3v) is 15.1. The lowest BCUT2D eigenvalue weighted by Gasteiger charge is -2.31. The molecule has 0 spiro atoms. The maximum Gasteiger partial charge on any atom is 0.416 e. The van der Waals surface area contributed by atoms with Gasteiger partial charge in [0.2, 0.25) is 11.8 Å². The van der Waals surface area contributed by atoms with Crippen molar-refractivity contribution in [3.8, 4) is 28.7 Å². The smallest absolute Gasteiger partial charge is 0.416 e. The molecule has 76 heavy (non-hydrogen) atoms. The second kappa shape index (κ2) is 23.2. The Labute approximate surface area is 442 Å². The first-order chi connectivity index (χ1) is 36.6. The van der Waals surface area contributed by atoms with Gasteiger partial charge in [0.05, 0.1) is 75.2 Å². The number of carbonyl (C=O) groups excluding carboxylic acids is 5. The molecule has 19 heteroatoms. The number of carbonyl (C=O) groups is 5. The van der Waals surface area contributed by atoms with E-state index in [4.69, 9.17) is 34.2 Å². The molecule has 0 bridgehead atoms. The number of benzene rings is 4. The highest BCUT2D eigenvalue weighted by molar-refractivity contribution is 6.06. The number of unbranched alkanes of at least 4 members (excludes halogenated alkanes) is 2. The Hall–Kier alpha value is -7.51.